The molecule has 0 bridgehead atoms. The van der Waals surface area contributed by atoms with E-state index in [4.69, 9.17) is 28.4 Å². The highest BCUT2D eigenvalue weighted by molar-refractivity contribution is 5.90. The van der Waals surface area contributed by atoms with Crippen molar-refractivity contribution in [1.29, 1.82) is 0 Å². The van der Waals surface area contributed by atoms with E-state index < -0.39 is 82.8 Å². The first-order valence-electron chi connectivity index (χ1n) is 18.2. The second kappa shape index (κ2) is 15.9. The number of aromatic amines is 1. The number of fused-ring (bicyclic) bond motifs is 1. The molecule has 0 unspecified atom stereocenters. The molecule has 13 nitrogen and oxygen atoms in total. The topological polar surface area (TPSA) is 173 Å². The summed E-state index contributed by atoms with van der Waals surface area (Å²) in [5.41, 5.74) is -1.57. The average Bonchev–Trinajstić information content (AvgIpc) is 3.47. The number of rotatable bonds is 7. The molecule has 1 aliphatic heterocycles. The van der Waals surface area contributed by atoms with Crippen molar-refractivity contribution in [3.8, 4) is 23.5 Å². The van der Waals surface area contributed by atoms with Gasteiger partial charge in [0.05, 0.1) is 32.6 Å². The third-order valence-corrected chi connectivity index (χ3v) is 8.47. The zero-order valence-corrected chi connectivity index (χ0v) is 34.0. The van der Waals surface area contributed by atoms with Gasteiger partial charge < -0.3 is 33.5 Å². The number of benzene rings is 2. The van der Waals surface area contributed by atoms with E-state index in [0.717, 1.165) is 0 Å². The Morgan fingerprint density at radius 2 is 1.29 bits per heavy atom. The maximum Gasteiger partial charge on any atom is 0.311 e. The summed E-state index contributed by atoms with van der Waals surface area (Å²) < 4.78 is 36.8. The first kappa shape index (κ1) is 42.6. The van der Waals surface area contributed by atoms with Crippen LogP contribution in [0, 0.1) is 40.4 Å². The minimum absolute atomic E-state index is 0.0139. The largest absolute Gasteiger partial charge is 0.508 e. The number of hydrogen-bond donors (Lipinski definition) is 2. The van der Waals surface area contributed by atoms with Gasteiger partial charge in [0.2, 0.25) is 18.3 Å². The van der Waals surface area contributed by atoms with Crippen LogP contribution in [-0.2, 0) is 42.9 Å². The van der Waals surface area contributed by atoms with Crippen molar-refractivity contribution in [2.45, 2.75) is 121 Å². The molecule has 298 valence electrons. The number of aryl methyl sites for hydroxylation is 1. The van der Waals surface area contributed by atoms with E-state index >= 15 is 0 Å². The Kier molecular flexibility index (Phi) is 12.4. The van der Waals surface area contributed by atoms with Gasteiger partial charge >= 0.3 is 23.9 Å². The monoisotopic (exact) mass is 762 g/mol. The number of ether oxygens (including phenoxy) is 6. The highest BCUT2D eigenvalue weighted by Gasteiger charge is 2.56. The van der Waals surface area contributed by atoms with Crippen LogP contribution in [0.4, 0.5) is 0 Å². The molecule has 0 saturated carbocycles. The number of nitrogens with zero attached hydrogens (tertiary/aromatic N) is 1. The van der Waals surface area contributed by atoms with Crippen LogP contribution in [0.15, 0.2) is 36.4 Å². The van der Waals surface area contributed by atoms with Crippen molar-refractivity contribution in [3.63, 3.8) is 0 Å². The second-order valence-electron chi connectivity index (χ2n) is 17.9. The Bertz CT molecular complexity index is 1980. The van der Waals surface area contributed by atoms with Gasteiger partial charge in [0, 0.05) is 11.1 Å². The van der Waals surface area contributed by atoms with Gasteiger partial charge in [-0.05, 0) is 126 Å². The summed E-state index contributed by atoms with van der Waals surface area (Å²) in [7, 11) is 0. The number of carbonyl (C=O) groups is 4. The molecule has 2 heterocycles. The van der Waals surface area contributed by atoms with Gasteiger partial charge in [-0.2, -0.15) is 0 Å². The molecule has 0 amide bonds. The van der Waals surface area contributed by atoms with E-state index in [1.54, 1.807) is 126 Å². The Labute approximate surface area is 322 Å². The summed E-state index contributed by atoms with van der Waals surface area (Å²) >= 11 is 0. The molecule has 1 aliphatic rings. The van der Waals surface area contributed by atoms with Gasteiger partial charge in [-0.25, -0.2) is 0 Å². The van der Waals surface area contributed by atoms with Gasteiger partial charge in [0.15, 0.2) is 12.2 Å². The van der Waals surface area contributed by atoms with Crippen molar-refractivity contribution in [1.82, 2.24) is 10.2 Å². The van der Waals surface area contributed by atoms with Crippen molar-refractivity contribution in [2.24, 2.45) is 21.7 Å². The van der Waals surface area contributed by atoms with E-state index in [1.807, 2.05) is 0 Å². The molecule has 2 aromatic carbocycles. The van der Waals surface area contributed by atoms with Crippen LogP contribution in [0.3, 0.4) is 0 Å². The van der Waals surface area contributed by atoms with Crippen molar-refractivity contribution in [2.75, 3.05) is 6.61 Å². The van der Waals surface area contributed by atoms with Gasteiger partial charge in [-0.3, -0.25) is 24.3 Å². The van der Waals surface area contributed by atoms with Crippen molar-refractivity contribution < 1.29 is 52.7 Å². The summed E-state index contributed by atoms with van der Waals surface area (Å²) in [6.07, 6.45) is -7.25. The molecule has 55 heavy (non-hydrogen) atoms. The number of H-pyrrole nitrogens is 1. The summed E-state index contributed by atoms with van der Waals surface area (Å²) in [4.78, 5) is 53.8. The number of aromatic hydroxyl groups is 1. The molecular weight excluding hydrogens is 708 g/mol. The van der Waals surface area contributed by atoms with Crippen LogP contribution in [0.25, 0.3) is 10.9 Å². The normalized spacial score (nSPS) is 20.5. The Hall–Kier alpha value is -5.09. The fourth-order valence-electron chi connectivity index (χ4n) is 5.00. The zero-order chi connectivity index (χ0) is 41.3. The molecule has 5 atom stereocenters. The third kappa shape index (κ3) is 10.6. The lowest BCUT2D eigenvalue weighted by molar-refractivity contribution is -0.294. The lowest BCUT2D eigenvalue weighted by atomic mass is 9.93. The van der Waals surface area contributed by atoms with E-state index in [1.165, 1.54) is 0 Å². The van der Waals surface area contributed by atoms with Crippen molar-refractivity contribution in [3.05, 3.63) is 53.1 Å². The smallest absolute Gasteiger partial charge is 0.311 e. The predicted molar refractivity (Wildman–Crippen MR) is 203 cm³/mol. The van der Waals surface area contributed by atoms with Crippen LogP contribution in [0.2, 0.25) is 0 Å². The lowest BCUT2D eigenvalue weighted by Crippen LogP contribution is -2.65. The van der Waals surface area contributed by atoms with Gasteiger partial charge in [-0.1, -0.05) is 17.9 Å². The third-order valence-electron chi connectivity index (χ3n) is 8.47. The first-order valence-corrected chi connectivity index (χ1v) is 18.2. The SMILES string of the molecule is Cc1cc(C#Cc2cccc3[nH]nc(O[C@@H]4O[C@H](COC(=O)C(C)(C)C)[C@@H](OC(=O)C(C)(C)C)[C@H](OC(=O)C(C)(C)C)[C@H]4OC(=O)C(C)(C)C)c23)ccc1O. The molecule has 0 radical (unpaired) electrons. The van der Waals surface area contributed by atoms with Gasteiger partial charge in [-0.15, -0.1) is 5.10 Å². The average molecular weight is 763 g/mol. The van der Waals surface area contributed by atoms with Crippen LogP contribution < -0.4 is 4.74 Å². The second-order valence-corrected chi connectivity index (χ2v) is 17.9. The molecule has 4 rings (SSSR count). The number of esters is 4. The van der Waals surface area contributed by atoms with E-state index in [0.29, 0.717) is 27.6 Å². The summed E-state index contributed by atoms with van der Waals surface area (Å²) in [6, 6.07) is 10.4. The number of phenolic OH excluding ortho intramolecular Hbond substituents is 1. The quantitative estimate of drug-likeness (QED) is 0.151. The van der Waals surface area contributed by atoms with Crippen LogP contribution in [-0.4, -0.2) is 76.5 Å². The molecule has 1 saturated heterocycles. The van der Waals surface area contributed by atoms with Gasteiger partial charge in [0.1, 0.15) is 18.5 Å². The Balaban J connectivity index is 1.89. The Morgan fingerprint density at radius 3 is 1.84 bits per heavy atom. The molecule has 0 aliphatic carbocycles. The Morgan fingerprint density at radius 1 is 0.745 bits per heavy atom. The molecule has 1 aromatic heterocycles. The molecule has 1 fully saturated rings. The highest BCUT2D eigenvalue weighted by atomic mass is 16.7. The molecule has 2 N–H and O–H groups in total. The fraction of sp³-hybridized carbons (Fsp3) is 0.548. The predicted octanol–water partition coefficient (Wildman–Crippen LogP) is 6.54. The summed E-state index contributed by atoms with van der Waals surface area (Å²) in [5, 5.41) is 17.8. The summed E-state index contributed by atoms with van der Waals surface area (Å²) in [5.74, 6) is 3.80. The lowest BCUT2D eigenvalue weighted by Gasteiger charge is -2.45. The van der Waals surface area contributed by atoms with Crippen LogP contribution in [0.1, 0.15) is 99.8 Å². The number of aromatic nitrogens is 2. The van der Waals surface area contributed by atoms with Crippen LogP contribution in [0.5, 0.6) is 11.6 Å². The standard InChI is InChI=1S/C42H54N2O11/c1-23-21-24(18-20-27(23)45)17-19-25-15-14-16-26-29(25)33(44-43-26)55-34-32(54-38(49)42(11,12)13)31(53-37(48)41(8,9)10)30(52-36(47)40(5,6)7)28(51-34)22-50-35(46)39(2,3)4/h14-16,18,20-21,28,30-32,34,45H,22H2,1-13H3,(H,43,44)/t28-,30-,31+,32-,34+/m1/s1. The minimum Gasteiger partial charge on any atom is -0.508 e. The van der Waals surface area contributed by atoms with Gasteiger partial charge in [0.25, 0.3) is 0 Å². The zero-order valence-electron chi connectivity index (χ0n) is 34.0. The van der Waals surface area contributed by atoms with E-state index in [9.17, 15) is 24.3 Å². The number of phenols is 1. The first-order chi connectivity index (χ1) is 25.3. The number of carbonyl (C=O) groups excluding carboxylic acids is 4. The highest BCUT2D eigenvalue weighted by Crippen LogP contribution is 2.36. The number of hydrogen-bond acceptors (Lipinski definition) is 12. The van der Waals surface area contributed by atoms with Crippen LogP contribution >= 0.6 is 0 Å². The van der Waals surface area contributed by atoms with E-state index in [2.05, 4.69) is 22.0 Å². The summed E-state index contributed by atoms with van der Waals surface area (Å²) in [6.45, 7) is 21.2. The number of nitrogens with one attached hydrogen (secondary N) is 1. The van der Waals surface area contributed by atoms with E-state index in [-0.39, 0.29) is 11.6 Å². The maximum absolute atomic E-state index is 13.6. The molecular formula is C42H54N2O11. The van der Waals surface area contributed by atoms with Crippen molar-refractivity contribution >= 4 is 34.8 Å². The maximum atomic E-state index is 13.6. The fourth-order valence-corrected chi connectivity index (χ4v) is 5.00. The molecule has 0 spiro atoms. The minimum atomic E-state index is -1.54. The molecule has 3 aromatic rings. The molecule has 13 heteroatoms.